The Labute approximate surface area is 125 Å². The standard InChI is InChI=1S/C16H23N5/c1-11-5-4-6-12(9-11)10-18-15-13-7-2-3-8-14(13)19-16(20-15)21-17/h2-3,7-8,11-12H,4-6,9-10,17H2,1H3,(H2,18,19,20,21). The van der Waals surface area contributed by atoms with Crippen LogP contribution in [0, 0.1) is 11.8 Å². The first-order chi connectivity index (χ1) is 10.3. The third-order valence-corrected chi connectivity index (χ3v) is 4.34. The number of rotatable bonds is 4. The zero-order chi connectivity index (χ0) is 14.7. The van der Waals surface area contributed by atoms with E-state index in [2.05, 4.69) is 27.6 Å². The minimum atomic E-state index is 0.452. The summed E-state index contributed by atoms with van der Waals surface area (Å²) < 4.78 is 0. The van der Waals surface area contributed by atoms with Gasteiger partial charge in [-0.3, -0.25) is 5.43 Å². The largest absolute Gasteiger partial charge is 0.369 e. The highest BCUT2D eigenvalue weighted by molar-refractivity contribution is 5.89. The number of hydrogen-bond donors (Lipinski definition) is 3. The molecule has 0 aliphatic heterocycles. The third-order valence-electron chi connectivity index (χ3n) is 4.34. The van der Waals surface area contributed by atoms with Crippen molar-refractivity contribution >= 4 is 22.7 Å². The number of anilines is 2. The average Bonchev–Trinajstić information content (AvgIpc) is 2.52. The van der Waals surface area contributed by atoms with Gasteiger partial charge in [0, 0.05) is 11.9 Å². The Kier molecular flexibility index (Phi) is 4.20. The Balaban J connectivity index is 1.79. The number of nitrogens with one attached hydrogen (secondary N) is 2. The first-order valence-electron chi connectivity index (χ1n) is 7.73. The summed E-state index contributed by atoms with van der Waals surface area (Å²) in [4.78, 5) is 8.84. The van der Waals surface area contributed by atoms with Crippen molar-refractivity contribution in [2.24, 2.45) is 17.7 Å². The lowest BCUT2D eigenvalue weighted by atomic mass is 9.82. The van der Waals surface area contributed by atoms with Gasteiger partial charge < -0.3 is 5.32 Å². The maximum atomic E-state index is 5.46. The van der Waals surface area contributed by atoms with E-state index in [0.717, 1.165) is 35.1 Å². The highest BCUT2D eigenvalue weighted by atomic mass is 15.3. The van der Waals surface area contributed by atoms with Crippen LogP contribution in [0.15, 0.2) is 24.3 Å². The molecule has 4 N–H and O–H groups in total. The fraction of sp³-hybridized carbons (Fsp3) is 0.500. The van der Waals surface area contributed by atoms with Crippen molar-refractivity contribution in [3.8, 4) is 0 Å². The molecule has 5 nitrogen and oxygen atoms in total. The minimum absolute atomic E-state index is 0.452. The molecule has 1 saturated carbocycles. The van der Waals surface area contributed by atoms with Crippen LogP contribution in [0.2, 0.25) is 0 Å². The van der Waals surface area contributed by atoms with E-state index >= 15 is 0 Å². The molecular weight excluding hydrogens is 262 g/mol. The predicted molar refractivity (Wildman–Crippen MR) is 87.0 cm³/mol. The van der Waals surface area contributed by atoms with Gasteiger partial charge in [-0.1, -0.05) is 31.9 Å². The number of nitrogens with zero attached hydrogens (tertiary/aromatic N) is 2. The molecule has 1 aliphatic carbocycles. The normalized spacial score (nSPS) is 22.2. The maximum absolute atomic E-state index is 5.46. The molecule has 1 fully saturated rings. The molecule has 1 aliphatic rings. The van der Waals surface area contributed by atoms with Crippen molar-refractivity contribution in [3.63, 3.8) is 0 Å². The summed E-state index contributed by atoms with van der Waals surface area (Å²) in [6.07, 6.45) is 5.32. The average molecular weight is 285 g/mol. The second-order valence-corrected chi connectivity index (χ2v) is 6.08. The number of aromatic nitrogens is 2. The number of fused-ring (bicyclic) bond motifs is 1. The van der Waals surface area contributed by atoms with E-state index in [1.165, 1.54) is 25.7 Å². The molecule has 2 aromatic rings. The Morgan fingerprint density at radius 3 is 2.90 bits per heavy atom. The van der Waals surface area contributed by atoms with Gasteiger partial charge in [0.25, 0.3) is 0 Å². The van der Waals surface area contributed by atoms with E-state index in [4.69, 9.17) is 5.84 Å². The molecule has 2 unspecified atom stereocenters. The molecule has 0 radical (unpaired) electrons. The smallest absolute Gasteiger partial charge is 0.239 e. The lowest BCUT2D eigenvalue weighted by molar-refractivity contribution is 0.293. The fourth-order valence-corrected chi connectivity index (χ4v) is 3.26. The van der Waals surface area contributed by atoms with E-state index < -0.39 is 0 Å². The molecule has 1 aromatic heterocycles. The van der Waals surface area contributed by atoms with Crippen molar-refractivity contribution < 1.29 is 0 Å². The molecule has 0 bridgehead atoms. The summed E-state index contributed by atoms with van der Waals surface area (Å²) in [5, 5.41) is 4.55. The van der Waals surface area contributed by atoms with Gasteiger partial charge in [-0.25, -0.2) is 10.8 Å². The van der Waals surface area contributed by atoms with Gasteiger partial charge >= 0.3 is 0 Å². The Morgan fingerprint density at radius 2 is 2.10 bits per heavy atom. The van der Waals surface area contributed by atoms with Crippen LogP contribution in [-0.4, -0.2) is 16.5 Å². The highest BCUT2D eigenvalue weighted by Gasteiger charge is 2.19. The van der Waals surface area contributed by atoms with E-state index in [1.807, 2.05) is 24.3 Å². The van der Waals surface area contributed by atoms with Gasteiger partial charge in [-0.2, -0.15) is 4.98 Å². The summed E-state index contributed by atoms with van der Waals surface area (Å²) in [5.74, 6) is 8.36. The van der Waals surface area contributed by atoms with Gasteiger partial charge in [-0.05, 0) is 36.8 Å². The first kappa shape index (κ1) is 14.1. The molecule has 112 valence electrons. The molecule has 5 heteroatoms. The Morgan fingerprint density at radius 1 is 1.24 bits per heavy atom. The zero-order valence-electron chi connectivity index (χ0n) is 12.5. The SMILES string of the molecule is CC1CCCC(CNc2nc(NN)nc3ccccc23)C1. The molecule has 0 spiro atoms. The first-order valence-corrected chi connectivity index (χ1v) is 7.73. The predicted octanol–water partition coefficient (Wildman–Crippen LogP) is 3.15. The van der Waals surface area contributed by atoms with Crippen LogP contribution in [0.25, 0.3) is 10.9 Å². The number of benzene rings is 1. The topological polar surface area (TPSA) is 75.9 Å². The van der Waals surface area contributed by atoms with Crippen molar-refractivity contribution in [2.75, 3.05) is 17.3 Å². The molecule has 0 amide bonds. The lowest BCUT2D eigenvalue weighted by Crippen LogP contribution is -2.22. The van der Waals surface area contributed by atoms with Crippen molar-refractivity contribution in [2.45, 2.75) is 32.6 Å². The Bertz CT molecular complexity index is 613. The summed E-state index contributed by atoms with van der Waals surface area (Å²) >= 11 is 0. The van der Waals surface area contributed by atoms with Crippen molar-refractivity contribution in [1.82, 2.24) is 9.97 Å². The number of hydrazine groups is 1. The number of nitrogens with two attached hydrogens (primary N) is 1. The lowest BCUT2D eigenvalue weighted by Gasteiger charge is -2.27. The van der Waals surface area contributed by atoms with E-state index in [-0.39, 0.29) is 0 Å². The zero-order valence-corrected chi connectivity index (χ0v) is 12.5. The molecule has 3 rings (SSSR count). The van der Waals surface area contributed by atoms with Crippen molar-refractivity contribution in [1.29, 1.82) is 0 Å². The van der Waals surface area contributed by atoms with Crippen LogP contribution in [-0.2, 0) is 0 Å². The molecular formula is C16H23N5. The third kappa shape index (κ3) is 3.24. The van der Waals surface area contributed by atoms with Gasteiger partial charge in [0.05, 0.1) is 5.52 Å². The summed E-state index contributed by atoms with van der Waals surface area (Å²) in [6.45, 7) is 3.32. The summed E-state index contributed by atoms with van der Waals surface area (Å²) in [5.41, 5.74) is 3.45. The monoisotopic (exact) mass is 285 g/mol. The second kappa shape index (κ2) is 6.26. The van der Waals surface area contributed by atoms with Crippen molar-refractivity contribution in [3.05, 3.63) is 24.3 Å². The number of para-hydroxylation sites is 1. The van der Waals surface area contributed by atoms with E-state index in [1.54, 1.807) is 0 Å². The summed E-state index contributed by atoms with van der Waals surface area (Å²) in [6, 6.07) is 8.00. The van der Waals surface area contributed by atoms with Crippen LogP contribution < -0.4 is 16.6 Å². The maximum Gasteiger partial charge on any atom is 0.239 e. The van der Waals surface area contributed by atoms with E-state index in [9.17, 15) is 0 Å². The minimum Gasteiger partial charge on any atom is -0.369 e. The second-order valence-electron chi connectivity index (χ2n) is 6.08. The van der Waals surface area contributed by atoms with Gasteiger partial charge in [0.1, 0.15) is 5.82 Å². The van der Waals surface area contributed by atoms with Gasteiger partial charge in [-0.15, -0.1) is 0 Å². The molecule has 1 aromatic carbocycles. The van der Waals surface area contributed by atoms with Crippen LogP contribution in [0.3, 0.4) is 0 Å². The van der Waals surface area contributed by atoms with Crippen LogP contribution in [0.1, 0.15) is 32.6 Å². The quantitative estimate of drug-likeness (QED) is 0.594. The summed E-state index contributed by atoms with van der Waals surface area (Å²) in [7, 11) is 0. The molecule has 21 heavy (non-hydrogen) atoms. The van der Waals surface area contributed by atoms with Crippen LogP contribution >= 0.6 is 0 Å². The van der Waals surface area contributed by atoms with E-state index in [0.29, 0.717) is 5.95 Å². The van der Waals surface area contributed by atoms with Gasteiger partial charge in [0.15, 0.2) is 0 Å². The number of hydrogen-bond acceptors (Lipinski definition) is 5. The molecule has 0 saturated heterocycles. The fourth-order valence-electron chi connectivity index (χ4n) is 3.26. The van der Waals surface area contributed by atoms with Crippen LogP contribution in [0.5, 0.6) is 0 Å². The number of nitrogen functional groups attached to an aromatic ring is 1. The highest BCUT2D eigenvalue weighted by Crippen LogP contribution is 2.29. The van der Waals surface area contributed by atoms with Gasteiger partial charge in [0.2, 0.25) is 5.95 Å². The Hall–Kier alpha value is -1.88. The molecule has 1 heterocycles. The molecule has 2 atom stereocenters. The van der Waals surface area contributed by atoms with Crippen LogP contribution in [0.4, 0.5) is 11.8 Å².